The van der Waals surface area contributed by atoms with Gasteiger partial charge in [0.1, 0.15) is 5.41 Å². The molecule has 0 radical (unpaired) electrons. The number of carbonyl (C=O) groups is 2. The van der Waals surface area contributed by atoms with Crippen LogP contribution >= 0.6 is 0 Å². The third-order valence-corrected chi connectivity index (χ3v) is 3.98. The Morgan fingerprint density at radius 3 is 2.12 bits per heavy atom. The Hall–Kier alpha value is -1.06. The summed E-state index contributed by atoms with van der Waals surface area (Å²) < 4.78 is 0. The molecule has 1 rings (SSSR count). The molecular formula is C12H21NO3. The SMILES string of the molecule is CNC(=O)C(C)(C(=O)O)C1CCC(C)CC1. The van der Waals surface area contributed by atoms with Gasteiger partial charge < -0.3 is 10.4 Å². The van der Waals surface area contributed by atoms with Crippen LogP contribution in [0.15, 0.2) is 0 Å². The first kappa shape index (κ1) is 13.0. The zero-order chi connectivity index (χ0) is 12.3. The lowest BCUT2D eigenvalue weighted by Gasteiger charge is -2.36. The molecule has 1 saturated carbocycles. The van der Waals surface area contributed by atoms with Gasteiger partial charge in [-0.2, -0.15) is 0 Å². The van der Waals surface area contributed by atoms with Crippen molar-refractivity contribution in [1.82, 2.24) is 5.32 Å². The highest BCUT2D eigenvalue weighted by Crippen LogP contribution is 2.40. The summed E-state index contributed by atoms with van der Waals surface area (Å²) in [6.07, 6.45) is 3.70. The van der Waals surface area contributed by atoms with E-state index in [0.717, 1.165) is 25.7 Å². The van der Waals surface area contributed by atoms with E-state index >= 15 is 0 Å². The maximum absolute atomic E-state index is 11.8. The highest BCUT2D eigenvalue weighted by Gasteiger charge is 2.48. The van der Waals surface area contributed by atoms with Gasteiger partial charge in [-0.05, 0) is 31.6 Å². The second-order valence-corrected chi connectivity index (χ2v) is 5.04. The van der Waals surface area contributed by atoms with Crippen molar-refractivity contribution in [2.24, 2.45) is 17.3 Å². The fraction of sp³-hybridized carbons (Fsp3) is 0.833. The van der Waals surface area contributed by atoms with Crippen molar-refractivity contribution in [3.63, 3.8) is 0 Å². The van der Waals surface area contributed by atoms with Crippen molar-refractivity contribution in [2.45, 2.75) is 39.5 Å². The molecule has 1 aliphatic rings. The standard InChI is InChI=1S/C12H21NO3/c1-8-4-6-9(7-5-8)12(2,11(15)16)10(14)13-3/h8-9H,4-7H2,1-3H3,(H,13,14)(H,15,16). The van der Waals surface area contributed by atoms with E-state index in [1.165, 1.54) is 7.05 Å². The van der Waals surface area contributed by atoms with Gasteiger partial charge >= 0.3 is 5.97 Å². The molecule has 1 amide bonds. The lowest BCUT2D eigenvalue weighted by molar-refractivity contribution is -0.159. The van der Waals surface area contributed by atoms with Gasteiger partial charge in [0.05, 0.1) is 0 Å². The molecule has 0 aliphatic heterocycles. The molecule has 0 aromatic carbocycles. The number of aliphatic carboxylic acids is 1. The van der Waals surface area contributed by atoms with Gasteiger partial charge in [-0.15, -0.1) is 0 Å². The molecule has 1 aliphatic carbocycles. The number of nitrogens with one attached hydrogen (secondary N) is 1. The van der Waals surface area contributed by atoms with Gasteiger partial charge in [-0.3, -0.25) is 9.59 Å². The minimum absolute atomic E-state index is 0.0406. The second-order valence-electron chi connectivity index (χ2n) is 5.04. The summed E-state index contributed by atoms with van der Waals surface area (Å²) in [4.78, 5) is 23.1. The smallest absolute Gasteiger partial charge is 0.319 e. The van der Waals surface area contributed by atoms with Gasteiger partial charge in [0.25, 0.3) is 0 Å². The quantitative estimate of drug-likeness (QED) is 0.720. The fourth-order valence-electron chi connectivity index (χ4n) is 2.55. The number of hydrogen-bond donors (Lipinski definition) is 2. The Morgan fingerprint density at radius 2 is 1.75 bits per heavy atom. The molecule has 0 aromatic rings. The van der Waals surface area contributed by atoms with Gasteiger partial charge in [0.15, 0.2) is 0 Å². The first-order valence-corrected chi connectivity index (χ1v) is 5.88. The summed E-state index contributed by atoms with van der Waals surface area (Å²) in [5.74, 6) is -0.772. The lowest BCUT2D eigenvalue weighted by atomic mass is 9.67. The van der Waals surface area contributed by atoms with Crippen LogP contribution in [0.5, 0.6) is 0 Å². The molecule has 1 unspecified atom stereocenters. The zero-order valence-electron chi connectivity index (χ0n) is 10.2. The van der Waals surface area contributed by atoms with Crippen LogP contribution < -0.4 is 5.32 Å². The molecule has 16 heavy (non-hydrogen) atoms. The predicted molar refractivity (Wildman–Crippen MR) is 60.9 cm³/mol. The van der Waals surface area contributed by atoms with E-state index < -0.39 is 11.4 Å². The summed E-state index contributed by atoms with van der Waals surface area (Å²) in [5, 5.41) is 11.8. The minimum Gasteiger partial charge on any atom is -0.480 e. The normalized spacial score (nSPS) is 29.2. The number of amides is 1. The number of rotatable bonds is 3. The van der Waals surface area contributed by atoms with Crippen molar-refractivity contribution < 1.29 is 14.7 Å². The lowest BCUT2D eigenvalue weighted by Crippen LogP contribution is -2.49. The van der Waals surface area contributed by atoms with Gasteiger partial charge in [-0.25, -0.2) is 0 Å². The molecule has 1 atom stereocenters. The number of hydrogen-bond acceptors (Lipinski definition) is 2. The zero-order valence-corrected chi connectivity index (χ0v) is 10.2. The maximum Gasteiger partial charge on any atom is 0.319 e. The van der Waals surface area contributed by atoms with E-state index in [9.17, 15) is 14.7 Å². The average molecular weight is 227 g/mol. The van der Waals surface area contributed by atoms with Gasteiger partial charge in [0.2, 0.25) is 5.91 Å². The first-order valence-electron chi connectivity index (χ1n) is 5.88. The van der Waals surface area contributed by atoms with Crippen LogP contribution in [-0.4, -0.2) is 24.0 Å². The van der Waals surface area contributed by atoms with Crippen LogP contribution in [0, 0.1) is 17.3 Å². The molecular weight excluding hydrogens is 206 g/mol. The third-order valence-electron chi connectivity index (χ3n) is 3.98. The molecule has 0 spiro atoms. The van der Waals surface area contributed by atoms with E-state index in [1.54, 1.807) is 6.92 Å². The molecule has 4 heteroatoms. The second kappa shape index (κ2) is 4.85. The molecule has 2 N–H and O–H groups in total. The largest absolute Gasteiger partial charge is 0.480 e. The predicted octanol–water partition coefficient (Wildman–Crippen LogP) is 1.65. The molecule has 92 valence electrons. The number of carbonyl (C=O) groups excluding carboxylic acids is 1. The Labute approximate surface area is 96.4 Å². The van der Waals surface area contributed by atoms with Gasteiger partial charge in [0, 0.05) is 7.05 Å². The van der Waals surface area contributed by atoms with E-state index in [4.69, 9.17) is 0 Å². The van der Waals surface area contributed by atoms with Crippen LogP contribution in [0.1, 0.15) is 39.5 Å². The van der Waals surface area contributed by atoms with Crippen molar-refractivity contribution in [2.75, 3.05) is 7.05 Å². The summed E-state index contributed by atoms with van der Waals surface area (Å²) in [6.45, 7) is 3.73. The first-order chi connectivity index (χ1) is 7.42. The molecule has 0 aromatic heterocycles. The Balaban J connectivity index is 2.86. The molecule has 0 heterocycles. The maximum atomic E-state index is 11.8. The minimum atomic E-state index is -1.27. The van der Waals surface area contributed by atoms with Crippen LogP contribution in [0.4, 0.5) is 0 Å². The average Bonchev–Trinajstić information content (AvgIpc) is 2.27. The number of carboxylic acid groups (broad SMARTS) is 1. The summed E-state index contributed by atoms with van der Waals surface area (Å²) in [5.41, 5.74) is -1.27. The molecule has 4 nitrogen and oxygen atoms in total. The van der Waals surface area contributed by atoms with Crippen LogP contribution in [0.2, 0.25) is 0 Å². The van der Waals surface area contributed by atoms with Crippen molar-refractivity contribution >= 4 is 11.9 Å². The Morgan fingerprint density at radius 1 is 1.25 bits per heavy atom. The Bertz CT molecular complexity index is 282. The van der Waals surface area contributed by atoms with E-state index in [2.05, 4.69) is 12.2 Å². The van der Waals surface area contributed by atoms with Crippen molar-refractivity contribution in [1.29, 1.82) is 0 Å². The Kier molecular flexibility index (Phi) is 3.94. The topological polar surface area (TPSA) is 66.4 Å². The fourth-order valence-corrected chi connectivity index (χ4v) is 2.55. The van der Waals surface area contributed by atoms with Crippen LogP contribution in [0.3, 0.4) is 0 Å². The molecule has 0 saturated heterocycles. The van der Waals surface area contributed by atoms with E-state index in [0.29, 0.717) is 5.92 Å². The monoisotopic (exact) mass is 227 g/mol. The van der Waals surface area contributed by atoms with Crippen LogP contribution in [-0.2, 0) is 9.59 Å². The van der Waals surface area contributed by atoms with Gasteiger partial charge in [-0.1, -0.05) is 19.8 Å². The molecule has 0 bridgehead atoms. The highest BCUT2D eigenvalue weighted by atomic mass is 16.4. The molecule has 1 fully saturated rings. The van der Waals surface area contributed by atoms with Crippen molar-refractivity contribution in [3.8, 4) is 0 Å². The van der Waals surface area contributed by atoms with Crippen molar-refractivity contribution in [3.05, 3.63) is 0 Å². The number of carboxylic acids is 1. The van der Waals surface area contributed by atoms with Crippen LogP contribution in [0.25, 0.3) is 0 Å². The summed E-state index contributed by atoms with van der Waals surface area (Å²) in [6, 6.07) is 0. The highest BCUT2D eigenvalue weighted by molar-refractivity contribution is 6.01. The van der Waals surface area contributed by atoms with E-state index in [1.807, 2.05) is 0 Å². The third kappa shape index (κ3) is 2.20. The summed E-state index contributed by atoms with van der Waals surface area (Å²) in [7, 11) is 1.50. The van der Waals surface area contributed by atoms with E-state index in [-0.39, 0.29) is 11.8 Å². The summed E-state index contributed by atoms with van der Waals surface area (Å²) >= 11 is 0.